The maximum Gasteiger partial charge on any atom is 0.411 e. The van der Waals surface area contributed by atoms with E-state index in [9.17, 15) is 48.3 Å². The zero-order valence-corrected chi connectivity index (χ0v) is 53.3. The number of carbonyl (C=O) groups excluding carboxylic acids is 8. The van der Waals surface area contributed by atoms with E-state index in [0.29, 0.717) is 28.2 Å². The minimum atomic E-state index is -1.13. The third-order valence-electron chi connectivity index (χ3n) is 15.4. The molecular weight excluding hydrogens is 1120 g/mol. The van der Waals surface area contributed by atoms with Gasteiger partial charge in [0.15, 0.2) is 0 Å². The van der Waals surface area contributed by atoms with Crippen LogP contribution >= 0.6 is 0 Å². The van der Waals surface area contributed by atoms with Gasteiger partial charge < -0.3 is 57.3 Å². The molecule has 0 aliphatic rings. The Morgan fingerprint density at radius 3 is 1.98 bits per heavy atom. The molecule has 0 aliphatic carbocycles. The highest BCUT2D eigenvalue weighted by Gasteiger charge is 2.42. The topological polar surface area (TPSA) is 300 Å². The van der Waals surface area contributed by atoms with Gasteiger partial charge in [0, 0.05) is 48.8 Å². The molecule has 0 spiro atoms. The van der Waals surface area contributed by atoms with Gasteiger partial charge in [-0.3, -0.25) is 34.1 Å². The number of primary amides is 1. The smallest absolute Gasteiger partial charge is 0.411 e. The van der Waals surface area contributed by atoms with Crippen LogP contribution in [-0.2, 0) is 63.3 Å². The zero-order chi connectivity index (χ0) is 65.6. The van der Waals surface area contributed by atoms with Crippen LogP contribution in [0.25, 0.3) is 6.08 Å². The summed E-state index contributed by atoms with van der Waals surface area (Å²) in [6, 6.07) is 23.3. The van der Waals surface area contributed by atoms with Crippen molar-refractivity contribution < 1.29 is 53.0 Å². The summed E-state index contributed by atoms with van der Waals surface area (Å²) >= 11 is 0. The quantitative estimate of drug-likeness (QED) is 0.0169. The number of nitrogens with zero attached hydrogens (tertiary/aromatic N) is 2. The Morgan fingerprint density at radius 2 is 1.39 bits per heavy atom. The first-order valence-electron chi connectivity index (χ1n) is 29.8. The highest BCUT2D eigenvalue weighted by atomic mass is 16.5. The molecule has 0 bridgehead atoms. The first-order chi connectivity index (χ1) is 41.4. The Labute approximate surface area is 518 Å². The van der Waals surface area contributed by atoms with Crippen LogP contribution in [0.3, 0.4) is 0 Å². The molecule has 4 aromatic carbocycles. The fraction of sp³-hybridized carbons (Fsp3) is 0.448. The van der Waals surface area contributed by atoms with Crippen LogP contribution < -0.4 is 47.9 Å². The minimum absolute atomic E-state index is 0.0796. The largest absolute Gasteiger partial charge is 0.478 e. The van der Waals surface area contributed by atoms with E-state index < -0.39 is 88.7 Å². The van der Waals surface area contributed by atoms with E-state index in [1.54, 1.807) is 87.5 Å². The van der Waals surface area contributed by atoms with E-state index in [-0.39, 0.29) is 68.7 Å². The van der Waals surface area contributed by atoms with E-state index in [0.717, 1.165) is 23.1 Å². The van der Waals surface area contributed by atoms with Crippen LogP contribution in [0, 0.1) is 17.3 Å². The Morgan fingerprint density at radius 1 is 0.739 bits per heavy atom. The molecule has 0 aromatic heterocycles. The van der Waals surface area contributed by atoms with Gasteiger partial charge in [0.1, 0.15) is 24.7 Å². The Kier molecular flexibility index (Phi) is 27.1. The third kappa shape index (κ3) is 20.9. The number of amides is 9. The summed E-state index contributed by atoms with van der Waals surface area (Å²) < 4.78 is 5.56. The number of aryl methyl sites for hydroxylation is 1. The number of anilines is 3. The molecule has 21 nitrogen and oxygen atoms in total. The van der Waals surface area contributed by atoms with Gasteiger partial charge in [-0.2, -0.15) is 0 Å². The standard InChI is InChI=1S/C67H92N10O11/c1-15-45-23-17-18-25-47(45)39-77(52-29-20-19-24-46(52)16-2)55(79)35-34-54(78)74-56(42(5)6)60(81)73-51(28-22-36-70-64(68)86)59(80)71-49-32-30-44(31-33-49)40-88-65(87)72-50-27-21-26-48(38-50)67(11,12)57(69-13)61(82)75-58(66(8,9)10)62(83)76(14)53(41(3)4)37-43(7)63(84)85/h16-21,23-27,29-33,37-38,41-42,51,53,56-58,69H,2,15,22,28,34-36,39-40H2,1,3-14H3,(H,71,80)(H,72,87)(H,73,81)(H,74,78)(H,75,82)(H,84,85)(H3,68,70,86)/b43-37+/t51-,53+,56-,57?,58+/m0/s1. The van der Waals surface area contributed by atoms with Crippen molar-refractivity contribution in [2.24, 2.45) is 23.0 Å². The van der Waals surface area contributed by atoms with Crippen molar-refractivity contribution in [1.82, 2.24) is 31.5 Å². The summed E-state index contributed by atoms with van der Waals surface area (Å²) in [5.41, 5.74) is 9.18. The van der Waals surface area contributed by atoms with E-state index in [2.05, 4.69) is 43.8 Å². The summed E-state index contributed by atoms with van der Waals surface area (Å²) in [6.45, 7) is 24.2. The van der Waals surface area contributed by atoms with Crippen molar-refractivity contribution in [3.63, 3.8) is 0 Å². The number of nitrogens with two attached hydrogens (primary N) is 1. The number of hydrogen-bond donors (Lipinski definition) is 9. The molecule has 88 heavy (non-hydrogen) atoms. The monoisotopic (exact) mass is 1210 g/mol. The van der Waals surface area contributed by atoms with Crippen molar-refractivity contribution >= 4 is 76.7 Å². The van der Waals surface area contributed by atoms with E-state index in [1.807, 2.05) is 110 Å². The normalized spacial score (nSPS) is 13.4. The van der Waals surface area contributed by atoms with E-state index >= 15 is 0 Å². The average molecular weight is 1210 g/mol. The average Bonchev–Trinajstić information content (AvgIpc) is 1.91. The highest BCUT2D eigenvalue weighted by Crippen LogP contribution is 2.32. The van der Waals surface area contributed by atoms with Crippen LogP contribution in [0.15, 0.2) is 115 Å². The fourth-order valence-electron chi connectivity index (χ4n) is 10.1. The second-order valence-corrected chi connectivity index (χ2v) is 24.2. The molecule has 0 radical (unpaired) electrons. The summed E-state index contributed by atoms with van der Waals surface area (Å²) in [5.74, 6) is -4.53. The number of carboxylic acids is 1. The van der Waals surface area contributed by atoms with Crippen molar-refractivity contribution in [1.29, 1.82) is 0 Å². The number of aliphatic carboxylic acids is 1. The third-order valence-corrected chi connectivity index (χ3v) is 15.4. The maximum atomic E-state index is 14.2. The summed E-state index contributed by atoms with van der Waals surface area (Å²) in [5, 5.41) is 29.3. The number of rotatable bonds is 31. The predicted octanol–water partition coefficient (Wildman–Crippen LogP) is 8.58. The summed E-state index contributed by atoms with van der Waals surface area (Å²) in [7, 11) is 3.24. The lowest BCUT2D eigenvalue weighted by molar-refractivity contribution is -0.141. The number of likely N-dealkylation sites (N-methyl/N-ethyl adjacent to an activating group) is 2. The fourth-order valence-corrected chi connectivity index (χ4v) is 10.1. The lowest BCUT2D eigenvalue weighted by Gasteiger charge is -2.40. The zero-order valence-electron chi connectivity index (χ0n) is 53.3. The number of para-hydroxylation sites is 1. The van der Waals surface area contributed by atoms with Gasteiger partial charge in [-0.1, -0.05) is 155 Å². The summed E-state index contributed by atoms with van der Waals surface area (Å²) in [4.78, 5) is 123. The second kappa shape index (κ2) is 33.3. The van der Waals surface area contributed by atoms with Gasteiger partial charge >= 0.3 is 18.1 Å². The van der Waals surface area contributed by atoms with E-state index in [4.69, 9.17) is 10.5 Å². The first kappa shape index (κ1) is 71.6. The van der Waals surface area contributed by atoms with Gasteiger partial charge in [-0.05, 0) is 109 Å². The molecule has 4 rings (SSSR count). The van der Waals surface area contributed by atoms with Crippen molar-refractivity contribution in [3.05, 3.63) is 143 Å². The maximum absolute atomic E-state index is 14.2. The molecule has 9 amide bonds. The van der Waals surface area contributed by atoms with Crippen LogP contribution in [0.1, 0.15) is 130 Å². The number of urea groups is 1. The number of carbonyl (C=O) groups is 9. The molecule has 21 heteroatoms. The molecule has 1 unspecified atom stereocenters. The molecule has 476 valence electrons. The van der Waals surface area contributed by atoms with Crippen LogP contribution in [-0.4, -0.2) is 114 Å². The van der Waals surface area contributed by atoms with E-state index in [1.165, 1.54) is 11.8 Å². The Balaban J connectivity index is 1.40. The lowest BCUT2D eigenvalue weighted by atomic mass is 9.76. The molecule has 0 aliphatic heterocycles. The molecule has 0 heterocycles. The van der Waals surface area contributed by atoms with Gasteiger partial charge in [0.2, 0.25) is 35.4 Å². The number of hydrogen-bond acceptors (Lipinski definition) is 11. The minimum Gasteiger partial charge on any atom is -0.478 e. The molecule has 4 aromatic rings. The number of benzene rings is 4. The van der Waals surface area contributed by atoms with Crippen LogP contribution in [0.2, 0.25) is 0 Å². The van der Waals surface area contributed by atoms with Gasteiger partial charge in [0.05, 0.1) is 24.3 Å². The van der Waals surface area contributed by atoms with Crippen LogP contribution in [0.5, 0.6) is 0 Å². The molecule has 5 atom stereocenters. The summed E-state index contributed by atoms with van der Waals surface area (Å²) in [6.07, 6.45) is 3.17. The Hall–Kier alpha value is -8.85. The number of ether oxygens (including phenoxy) is 1. The lowest BCUT2D eigenvalue weighted by Crippen LogP contribution is -2.61. The number of nitrogens with one attached hydrogen (secondary N) is 7. The van der Waals surface area contributed by atoms with Crippen molar-refractivity contribution in [2.45, 2.75) is 157 Å². The Bertz CT molecular complexity index is 3130. The number of carboxylic acid groups (broad SMARTS) is 1. The SMILES string of the molecule is C=Cc1ccccc1N(Cc1ccccc1CC)C(=O)CCC(=O)N[C@H](C(=O)N[C@@H](CCCNC(N)=O)C(=O)Nc1ccc(COC(=O)Nc2cccc(C(C)(C)C(NC)C(=O)N[C@H](C(=O)N(C)[C@H](/C=C(\C)C(=O)O)C(C)C)C(C)(C)C)c2)cc1)C(C)C. The first-order valence-corrected chi connectivity index (χ1v) is 29.8. The molecular formula is C67H92N10O11. The van der Waals surface area contributed by atoms with Crippen molar-refractivity contribution in [3.8, 4) is 0 Å². The van der Waals surface area contributed by atoms with Gasteiger partial charge in [-0.15, -0.1) is 0 Å². The molecule has 0 saturated carbocycles. The molecule has 10 N–H and O–H groups in total. The van der Waals surface area contributed by atoms with Crippen molar-refractivity contribution in [2.75, 3.05) is 36.2 Å². The van der Waals surface area contributed by atoms with Gasteiger partial charge in [0.25, 0.3) is 0 Å². The van der Waals surface area contributed by atoms with Crippen LogP contribution in [0.4, 0.5) is 26.7 Å². The molecule has 0 saturated heterocycles. The van der Waals surface area contributed by atoms with Gasteiger partial charge in [-0.25, -0.2) is 14.4 Å². The highest BCUT2D eigenvalue weighted by molar-refractivity contribution is 6.00. The molecule has 0 fully saturated rings. The second-order valence-electron chi connectivity index (χ2n) is 24.2. The predicted molar refractivity (Wildman–Crippen MR) is 344 cm³/mol.